The molecule has 0 spiro atoms. The van der Waals surface area contributed by atoms with Gasteiger partial charge in [0.05, 0.1) is 24.2 Å². The molecule has 1 amide bonds. The van der Waals surface area contributed by atoms with Crippen LogP contribution in [0.5, 0.6) is 0 Å². The first-order valence-corrected chi connectivity index (χ1v) is 10.5. The first-order chi connectivity index (χ1) is 16.1. The van der Waals surface area contributed by atoms with Gasteiger partial charge in [-0.15, -0.1) is 0 Å². The molecular formula is C24H22F5N3O2. The van der Waals surface area contributed by atoms with Crippen LogP contribution in [0.1, 0.15) is 24.6 Å². The molecule has 0 saturated carbocycles. The van der Waals surface area contributed by atoms with Gasteiger partial charge < -0.3 is 5.32 Å². The molecule has 1 aromatic heterocycles. The van der Waals surface area contributed by atoms with Gasteiger partial charge in [0.15, 0.2) is 0 Å². The predicted octanol–water partition coefficient (Wildman–Crippen LogP) is 4.81. The molecule has 10 heteroatoms. The highest BCUT2D eigenvalue weighted by Gasteiger charge is 2.28. The number of nitrogens with one attached hydrogen (secondary N) is 1. The van der Waals surface area contributed by atoms with Crippen molar-refractivity contribution in [3.05, 3.63) is 71.4 Å². The Bertz CT molecular complexity index is 1170. The van der Waals surface area contributed by atoms with Gasteiger partial charge >= 0.3 is 6.18 Å². The maximum atomic E-state index is 14.6. The van der Waals surface area contributed by atoms with Gasteiger partial charge in [-0.1, -0.05) is 19.1 Å². The molecule has 3 aromatic rings. The van der Waals surface area contributed by atoms with Crippen LogP contribution in [-0.2, 0) is 22.4 Å². The average molecular weight is 479 g/mol. The summed E-state index contributed by atoms with van der Waals surface area (Å²) in [6.45, 7) is 1.93. The van der Waals surface area contributed by atoms with Gasteiger partial charge in [-0.25, -0.2) is 13.5 Å². The summed E-state index contributed by atoms with van der Waals surface area (Å²) in [5, 5.41) is 6.77. The zero-order valence-corrected chi connectivity index (χ0v) is 18.2. The third-order valence-electron chi connectivity index (χ3n) is 5.25. The standard InChI is InChI=1S/C24H22F5N3O2/c1-2-16(13-30-14-33)23(34)11-19-10-22(32(31-19)21-6-4-3-5-20(21)26)17-7-15(8-18(25)9-17)12-24(27,28)29/h3-10,14,16H,2,11-13H2,1H3,(H,30,33). The molecule has 0 saturated heterocycles. The molecule has 0 bridgehead atoms. The maximum absolute atomic E-state index is 14.6. The molecule has 0 radical (unpaired) electrons. The molecule has 2 aromatic carbocycles. The molecule has 1 heterocycles. The highest BCUT2D eigenvalue weighted by atomic mass is 19.4. The number of para-hydroxylation sites is 1. The molecule has 180 valence electrons. The molecule has 5 nitrogen and oxygen atoms in total. The van der Waals surface area contributed by atoms with Gasteiger partial charge in [0, 0.05) is 18.0 Å². The summed E-state index contributed by atoms with van der Waals surface area (Å²) in [6.07, 6.45) is -5.08. The number of carbonyl (C=O) groups is 2. The number of ketones is 1. The predicted molar refractivity (Wildman–Crippen MR) is 115 cm³/mol. The minimum atomic E-state index is -4.54. The lowest BCUT2D eigenvalue weighted by atomic mass is 9.97. The third-order valence-corrected chi connectivity index (χ3v) is 5.25. The van der Waals surface area contributed by atoms with E-state index >= 15 is 0 Å². The highest BCUT2D eigenvalue weighted by molar-refractivity contribution is 5.83. The number of rotatable bonds is 10. The quantitative estimate of drug-likeness (QED) is 0.336. The Hall–Kier alpha value is -3.56. The summed E-state index contributed by atoms with van der Waals surface area (Å²) >= 11 is 0. The molecule has 0 aliphatic rings. The summed E-state index contributed by atoms with van der Waals surface area (Å²) < 4.78 is 68.6. The van der Waals surface area contributed by atoms with E-state index in [0.29, 0.717) is 12.8 Å². The molecule has 0 aliphatic carbocycles. The van der Waals surface area contributed by atoms with Crippen molar-refractivity contribution >= 4 is 12.2 Å². The molecule has 0 fully saturated rings. The van der Waals surface area contributed by atoms with Gasteiger partial charge in [0.25, 0.3) is 0 Å². The minimum Gasteiger partial charge on any atom is -0.358 e. The largest absolute Gasteiger partial charge is 0.393 e. The Labute approximate surface area is 192 Å². The lowest BCUT2D eigenvalue weighted by Gasteiger charge is -2.12. The van der Waals surface area contributed by atoms with Crippen LogP contribution < -0.4 is 5.32 Å². The van der Waals surface area contributed by atoms with E-state index in [1.807, 2.05) is 0 Å². The number of hydrogen-bond donors (Lipinski definition) is 1. The fraction of sp³-hybridized carbons (Fsp3) is 0.292. The molecule has 0 aliphatic heterocycles. The van der Waals surface area contributed by atoms with Gasteiger partial charge in [0.1, 0.15) is 23.1 Å². The van der Waals surface area contributed by atoms with E-state index in [1.165, 1.54) is 30.3 Å². The van der Waals surface area contributed by atoms with Crippen LogP contribution in [0.4, 0.5) is 22.0 Å². The summed E-state index contributed by atoms with van der Waals surface area (Å²) in [7, 11) is 0. The summed E-state index contributed by atoms with van der Waals surface area (Å²) in [4.78, 5) is 23.3. The summed E-state index contributed by atoms with van der Waals surface area (Å²) in [6, 6.07) is 10.0. The van der Waals surface area contributed by atoms with Gasteiger partial charge in [-0.05, 0) is 48.4 Å². The van der Waals surface area contributed by atoms with E-state index in [-0.39, 0.29) is 47.0 Å². The second-order valence-corrected chi connectivity index (χ2v) is 7.80. The van der Waals surface area contributed by atoms with Crippen molar-refractivity contribution in [2.75, 3.05) is 6.54 Å². The number of alkyl halides is 3. The summed E-state index contributed by atoms with van der Waals surface area (Å²) in [5.41, 5.74) is 0.118. The minimum absolute atomic E-state index is 0.00695. The van der Waals surface area contributed by atoms with Crippen molar-refractivity contribution in [2.45, 2.75) is 32.4 Å². The molecule has 3 rings (SSSR count). The zero-order valence-electron chi connectivity index (χ0n) is 18.2. The smallest absolute Gasteiger partial charge is 0.358 e. The van der Waals surface area contributed by atoms with Crippen molar-refractivity contribution in [1.82, 2.24) is 15.1 Å². The number of carbonyl (C=O) groups excluding carboxylic acids is 2. The SMILES string of the molecule is CCC(CNC=O)C(=O)Cc1cc(-c2cc(F)cc(CC(F)(F)F)c2)n(-c2ccccc2F)n1. The number of halogens is 5. The zero-order chi connectivity index (χ0) is 24.9. The van der Waals surface area contributed by atoms with Crippen LogP contribution in [0.3, 0.4) is 0 Å². The lowest BCUT2D eigenvalue weighted by molar-refractivity contribution is -0.127. The Morgan fingerprint density at radius 1 is 1.15 bits per heavy atom. The van der Waals surface area contributed by atoms with Crippen LogP contribution in [0.15, 0.2) is 48.5 Å². The van der Waals surface area contributed by atoms with Crippen LogP contribution in [0.25, 0.3) is 16.9 Å². The van der Waals surface area contributed by atoms with E-state index in [0.717, 1.165) is 16.8 Å². The van der Waals surface area contributed by atoms with Crippen molar-refractivity contribution in [2.24, 2.45) is 5.92 Å². The highest BCUT2D eigenvalue weighted by Crippen LogP contribution is 2.30. The number of Topliss-reactive ketones (excluding diaryl/α,β-unsaturated/α-hetero) is 1. The first kappa shape index (κ1) is 25.1. The van der Waals surface area contributed by atoms with E-state index in [4.69, 9.17) is 0 Å². The Balaban J connectivity index is 2.06. The number of nitrogens with zero attached hydrogens (tertiary/aromatic N) is 2. The monoisotopic (exact) mass is 479 g/mol. The second-order valence-electron chi connectivity index (χ2n) is 7.80. The Morgan fingerprint density at radius 2 is 1.88 bits per heavy atom. The molecule has 1 N–H and O–H groups in total. The van der Waals surface area contributed by atoms with Gasteiger partial charge in [-0.3, -0.25) is 9.59 Å². The lowest BCUT2D eigenvalue weighted by Crippen LogP contribution is -2.28. The van der Waals surface area contributed by atoms with E-state index in [1.54, 1.807) is 13.0 Å². The van der Waals surface area contributed by atoms with Crippen LogP contribution in [-0.4, -0.2) is 34.7 Å². The molecule has 1 unspecified atom stereocenters. The Morgan fingerprint density at radius 3 is 2.53 bits per heavy atom. The summed E-state index contributed by atoms with van der Waals surface area (Å²) in [5.74, 6) is -2.24. The van der Waals surface area contributed by atoms with E-state index in [2.05, 4.69) is 10.4 Å². The number of amides is 1. The fourth-order valence-electron chi connectivity index (χ4n) is 3.66. The van der Waals surface area contributed by atoms with Crippen LogP contribution in [0.2, 0.25) is 0 Å². The van der Waals surface area contributed by atoms with E-state index < -0.39 is 30.1 Å². The van der Waals surface area contributed by atoms with Gasteiger partial charge in [-0.2, -0.15) is 18.3 Å². The van der Waals surface area contributed by atoms with Crippen LogP contribution in [0, 0.1) is 17.6 Å². The fourth-order valence-corrected chi connectivity index (χ4v) is 3.66. The number of benzene rings is 2. The van der Waals surface area contributed by atoms with Crippen LogP contribution >= 0.6 is 0 Å². The third kappa shape index (κ3) is 6.27. The van der Waals surface area contributed by atoms with Gasteiger partial charge in [0.2, 0.25) is 6.41 Å². The molecule has 1 atom stereocenters. The number of hydrogen-bond acceptors (Lipinski definition) is 3. The van der Waals surface area contributed by atoms with Crippen molar-refractivity contribution in [1.29, 1.82) is 0 Å². The topological polar surface area (TPSA) is 64.0 Å². The number of aromatic nitrogens is 2. The van der Waals surface area contributed by atoms with Crippen molar-refractivity contribution in [3.8, 4) is 16.9 Å². The second kappa shape index (κ2) is 10.6. The molecular weight excluding hydrogens is 457 g/mol. The normalized spacial score (nSPS) is 12.4. The Kier molecular flexibility index (Phi) is 7.80. The van der Waals surface area contributed by atoms with Crippen molar-refractivity contribution < 1.29 is 31.5 Å². The maximum Gasteiger partial charge on any atom is 0.393 e. The molecule has 34 heavy (non-hydrogen) atoms. The average Bonchev–Trinajstić information content (AvgIpc) is 3.16. The first-order valence-electron chi connectivity index (χ1n) is 10.5. The van der Waals surface area contributed by atoms with Crippen molar-refractivity contribution in [3.63, 3.8) is 0 Å². The van der Waals surface area contributed by atoms with E-state index in [9.17, 15) is 31.5 Å².